The largest absolute Gasteiger partial charge is 0.444 e. The summed E-state index contributed by atoms with van der Waals surface area (Å²) in [6, 6.07) is 0.653. The molecule has 2 bridgehead atoms. The number of nitrogens with one attached hydrogen (secondary N) is 3. The molecule has 0 aromatic heterocycles. The van der Waals surface area contributed by atoms with Crippen molar-refractivity contribution in [3.8, 4) is 0 Å². The van der Waals surface area contributed by atoms with Crippen LogP contribution in [0.2, 0.25) is 0 Å². The molecular weight excluding hydrogens is 356 g/mol. The Hall–Kier alpha value is -1.54. The number of alkyl carbamates (subject to hydrolysis) is 1. The van der Waals surface area contributed by atoms with Crippen LogP contribution in [0, 0.1) is 0 Å². The van der Waals surface area contributed by atoms with Gasteiger partial charge in [0.05, 0.1) is 0 Å². The van der Waals surface area contributed by atoms with E-state index in [0.717, 1.165) is 51.4 Å². The first kappa shape index (κ1) is 22.7. The van der Waals surface area contributed by atoms with Crippen LogP contribution in [-0.2, 0) is 4.74 Å². The number of fused-ring (bicyclic) bond motifs is 3. The summed E-state index contributed by atoms with van der Waals surface area (Å²) in [5.74, 6) is 0.796. The molecular formula is C20H40N6O2. The predicted molar refractivity (Wildman–Crippen MR) is 114 cm³/mol. The number of hydrogen-bond acceptors (Lipinski definition) is 5. The zero-order chi connectivity index (χ0) is 20.6. The van der Waals surface area contributed by atoms with Crippen LogP contribution in [0.3, 0.4) is 0 Å². The Morgan fingerprint density at radius 2 is 1.93 bits per heavy atom. The fourth-order valence-electron chi connectivity index (χ4n) is 3.72. The summed E-state index contributed by atoms with van der Waals surface area (Å²) in [7, 11) is 1.80. The minimum absolute atomic E-state index is 0.116. The summed E-state index contributed by atoms with van der Waals surface area (Å²) in [5, 5.41) is 9.84. The maximum absolute atomic E-state index is 12.0. The lowest BCUT2D eigenvalue weighted by molar-refractivity contribution is 0.0154. The number of rotatable bonds is 8. The van der Waals surface area contributed by atoms with Crippen LogP contribution in [0.1, 0.15) is 47.0 Å². The number of guanidine groups is 1. The number of piperazine rings is 3. The van der Waals surface area contributed by atoms with Crippen molar-refractivity contribution in [1.82, 2.24) is 25.8 Å². The quantitative estimate of drug-likeness (QED) is 0.423. The second kappa shape index (κ2) is 10.9. The van der Waals surface area contributed by atoms with Crippen molar-refractivity contribution in [2.24, 2.45) is 4.99 Å². The summed E-state index contributed by atoms with van der Waals surface area (Å²) < 4.78 is 5.35. The van der Waals surface area contributed by atoms with Gasteiger partial charge in [0, 0.05) is 64.9 Å². The molecule has 3 saturated heterocycles. The normalized spacial score (nSPS) is 25.9. The fraction of sp³-hybridized carbons (Fsp3) is 0.900. The molecule has 3 heterocycles. The lowest BCUT2D eigenvalue weighted by Gasteiger charge is -2.47. The molecule has 28 heavy (non-hydrogen) atoms. The lowest BCUT2D eigenvalue weighted by Crippen LogP contribution is -2.64. The van der Waals surface area contributed by atoms with Gasteiger partial charge in [0.25, 0.3) is 0 Å². The molecule has 0 aliphatic carbocycles. The van der Waals surface area contributed by atoms with Gasteiger partial charge in [-0.25, -0.2) is 4.79 Å². The fourth-order valence-corrected chi connectivity index (χ4v) is 3.72. The standard InChI is InChI=1S/C20H40N6O2/c1-6-7-8-16(13-23-19(27)28-20(2,3)4)24-18(21-5)22-14-17-15-25-9-11-26(17)12-10-25/h16-17H,6-15H2,1-5H3,(H,23,27)(H2,21,22,24). The molecule has 8 nitrogen and oxygen atoms in total. The van der Waals surface area contributed by atoms with Gasteiger partial charge < -0.3 is 20.7 Å². The van der Waals surface area contributed by atoms with E-state index in [1.54, 1.807) is 7.05 Å². The smallest absolute Gasteiger partial charge is 0.407 e. The van der Waals surface area contributed by atoms with E-state index in [4.69, 9.17) is 4.74 Å². The van der Waals surface area contributed by atoms with Crippen LogP contribution in [0.4, 0.5) is 4.79 Å². The Bertz CT molecular complexity index is 511. The third kappa shape index (κ3) is 7.83. The van der Waals surface area contributed by atoms with E-state index in [0.29, 0.717) is 12.6 Å². The number of unbranched alkanes of at least 4 members (excludes halogenated alkanes) is 1. The SMILES string of the molecule is CCCCC(CNC(=O)OC(C)(C)C)NC(=NC)NCC1CN2CCN1CC2. The molecule has 8 heteroatoms. The number of amides is 1. The van der Waals surface area contributed by atoms with Crippen molar-refractivity contribution in [1.29, 1.82) is 0 Å². The monoisotopic (exact) mass is 396 g/mol. The molecule has 3 fully saturated rings. The first-order valence-corrected chi connectivity index (χ1v) is 10.7. The molecule has 2 unspecified atom stereocenters. The van der Waals surface area contributed by atoms with Crippen molar-refractivity contribution in [3.05, 3.63) is 0 Å². The van der Waals surface area contributed by atoms with Gasteiger partial charge in [0.1, 0.15) is 5.60 Å². The predicted octanol–water partition coefficient (Wildman–Crippen LogP) is 1.23. The maximum Gasteiger partial charge on any atom is 0.407 e. The molecule has 0 saturated carbocycles. The van der Waals surface area contributed by atoms with Gasteiger partial charge >= 0.3 is 6.09 Å². The summed E-state index contributed by atoms with van der Waals surface area (Å²) in [4.78, 5) is 21.5. The third-order valence-corrected chi connectivity index (χ3v) is 5.26. The molecule has 3 N–H and O–H groups in total. The van der Waals surface area contributed by atoms with Crippen LogP contribution in [-0.4, -0.2) is 92.4 Å². The summed E-state index contributed by atoms with van der Waals surface area (Å²) in [6.07, 6.45) is 2.80. The lowest BCUT2D eigenvalue weighted by atomic mass is 10.1. The number of carbonyl (C=O) groups excluding carboxylic acids is 1. The molecule has 0 aromatic rings. The number of ether oxygens (including phenoxy) is 1. The minimum atomic E-state index is -0.487. The molecule has 0 aromatic carbocycles. The molecule has 0 radical (unpaired) electrons. The Kier molecular flexibility index (Phi) is 8.82. The van der Waals surface area contributed by atoms with Gasteiger partial charge in [-0.1, -0.05) is 19.8 Å². The second-order valence-corrected chi connectivity index (χ2v) is 8.81. The first-order chi connectivity index (χ1) is 13.3. The molecule has 162 valence electrons. The maximum atomic E-state index is 12.0. The first-order valence-electron chi connectivity index (χ1n) is 10.7. The van der Waals surface area contributed by atoms with E-state index in [2.05, 4.69) is 37.7 Å². The molecule has 3 aliphatic heterocycles. The van der Waals surface area contributed by atoms with Crippen molar-refractivity contribution in [3.63, 3.8) is 0 Å². The van der Waals surface area contributed by atoms with Gasteiger partial charge in [-0.05, 0) is 27.2 Å². The highest BCUT2D eigenvalue weighted by Gasteiger charge is 2.31. The van der Waals surface area contributed by atoms with Crippen molar-refractivity contribution in [2.75, 3.05) is 52.9 Å². The molecule has 1 amide bonds. The molecule has 3 rings (SSSR count). The van der Waals surface area contributed by atoms with Crippen molar-refractivity contribution >= 4 is 12.1 Å². The van der Waals surface area contributed by atoms with E-state index < -0.39 is 5.60 Å². The van der Waals surface area contributed by atoms with Gasteiger partial charge in [0.2, 0.25) is 0 Å². The number of nitrogens with zero attached hydrogens (tertiary/aromatic N) is 3. The van der Waals surface area contributed by atoms with Crippen LogP contribution in [0.5, 0.6) is 0 Å². The van der Waals surface area contributed by atoms with Crippen LogP contribution >= 0.6 is 0 Å². The van der Waals surface area contributed by atoms with E-state index in [-0.39, 0.29) is 12.1 Å². The van der Waals surface area contributed by atoms with Crippen molar-refractivity contribution in [2.45, 2.75) is 64.6 Å². The Labute approximate surface area is 170 Å². The van der Waals surface area contributed by atoms with Gasteiger partial charge in [-0.2, -0.15) is 0 Å². The topological polar surface area (TPSA) is 81.2 Å². The van der Waals surface area contributed by atoms with Crippen LogP contribution in [0.15, 0.2) is 4.99 Å². The van der Waals surface area contributed by atoms with Gasteiger partial charge in [-0.15, -0.1) is 0 Å². The highest BCUT2D eigenvalue weighted by atomic mass is 16.6. The average molecular weight is 397 g/mol. The average Bonchev–Trinajstić information content (AvgIpc) is 2.66. The molecule has 3 aliphatic rings. The summed E-state index contributed by atoms with van der Waals surface area (Å²) >= 11 is 0. The Balaban J connectivity index is 1.80. The number of hydrogen-bond donors (Lipinski definition) is 3. The highest BCUT2D eigenvalue weighted by molar-refractivity contribution is 5.80. The zero-order valence-corrected chi connectivity index (χ0v) is 18.4. The summed E-state index contributed by atoms with van der Waals surface area (Å²) in [5.41, 5.74) is -0.487. The second-order valence-electron chi connectivity index (χ2n) is 8.81. The molecule has 2 atom stereocenters. The highest BCUT2D eigenvalue weighted by Crippen LogP contribution is 2.14. The third-order valence-electron chi connectivity index (χ3n) is 5.26. The summed E-state index contributed by atoms with van der Waals surface area (Å²) in [6.45, 7) is 15.0. The van der Waals surface area contributed by atoms with E-state index in [9.17, 15) is 4.79 Å². The zero-order valence-electron chi connectivity index (χ0n) is 18.4. The van der Waals surface area contributed by atoms with E-state index >= 15 is 0 Å². The van der Waals surface area contributed by atoms with Crippen molar-refractivity contribution < 1.29 is 9.53 Å². The minimum Gasteiger partial charge on any atom is -0.444 e. The Morgan fingerprint density at radius 1 is 1.21 bits per heavy atom. The van der Waals surface area contributed by atoms with Crippen LogP contribution < -0.4 is 16.0 Å². The number of aliphatic imine (C=N–C) groups is 1. The van der Waals surface area contributed by atoms with Gasteiger partial charge in [0.15, 0.2) is 5.96 Å². The van der Waals surface area contributed by atoms with E-state index in [1.165, 1.54) is 13.1 Å². The molecule has 0 spiro atoms. The van der Waals surface area contributed by atoms with E-state index in [1.807, 2.05) is 20.8 Å². The number of carbonyl (C=O) groups is 1. The van der Waals surface area contributed by atoms with Gasteiger partial charge in [-0.3, -0.25) is 14.8 Å². The van der Waals surface area contributed by atoms with Crippen LogP contribution in [0.25, 0.3) is 0 Å². The Morgan fingerprint density at radius 3 is 2.46 bits per heavy atom.